The number of rotatable bonds is 2. The molecule has 0 aromatic heterocycles. The molecular formula is C16H21ClN2O3. The van der Waals surface area contributed by atoms with Crippen molar-refractivity contribution in [1.29, 1.82) is 0 Å². The van der Waals surface area contributed by atoms with E-state index in [0.717, 1.165) is 5.56 Å². The van der Waals surface area contributed by atoms with E-state index in [1.165, 1.54) is 0 Å². The molecule has 2 amide bonds. The van der Waals surface area contributed by atoms with Crippen molar-refractivity contribution in [3.8, 4) is 0 Å². The smallest absolute Gasteiger partial charge is 0.317 e. The Bertz CT molecular complexity index is 541. The summed E-state index contributed by atoms with van der Waals surface area (Å²) in [5, 5.41) is 3.62. The molecule has 1 aromatic carbocycles. The largest absolute Gasteiger partial charge is 0.350 e. The number of likely N-dealkylation sites (tertiary alicyclic amines) is 1. The van der Waals surface area contributed by atoms with Crippen LogP contribution in [-0.4, -0.2) is 43.0 Å². The summed E-state index contributed by atoms with van der Waals surface area (Å²) in [5.74, 6) is -0.511. The van der Waals surface area contributed by atoms with Crippen LogP contribution in [0.15, 0.2) is 24.3 Å². The van der Waals surface area contributed by atoms with Gasteiger partial charge in [0.1, 0.15) is 0 Å². The Morgan fingerprint density at radius 2 is 1.82 bits per heavy atom. The van der Waals surface area contributed by atoms with Gasteiger partial charge in [0.15, 0.2) is 5.79 Å². The first kappa shape index (κ1) is 15.6. The molecule has 0 unspecified atom stereocenters. The van der Waals surface area contributed by atoms with Crippen LogP contribution in [0.1, 0.15) is 19.4 Å². The third-order valence-corrected chi connectivity index (χ3v) is 4.40. The average Bonchev–Trinajstić information content (AvgIpc) is 2.44. The fourth-order valence-corrected chi connectivity index (χ4v) is 2.84. The van der Waals surface area contributed by atoms with Gasteiger partial charge in [-0.15, -0.1) is 0 Å². The molecule has 120 valence electrons. The molecule has 0 aliphatic carbocycles. The molecule has 0 saturated carbocycles. The van der Waals surface area contributed by atoms with E-state index < -0.39 is 5.79 Å². The van der Waals surface area contributed by atoms with Crippen molar-refractivity contribution in [3.63, 3.8) is 0 Å². The number of carbonyl (C=O) groups is 1. The van der Waals surface area contributed by atoms with Crippen LogP contribution in [-0.2, 0) is 16.0 Å². The maximum absolute atomic E-state index is 12.1. The Kier molecular flexibility index (Phi) is 4.05. The molecule has 2 aliphatic rings. The maximum atomic E-state index is 12.1. The van der Waals surface area contributed by atoms with Gasteiger partial charge in [-0.25, -0.2) is 4.79 Å². The standard InChI is InChI=1S/C16H21ClN2O3/c1-15(2)21-10-16(11-22-15)8-19(9-16)14(20)18-7-12-3-5-13(17)6-4-12/h3-6H,7-11H2,1-2H3,(H,18,20). The van der Waals surface area contributed by atoms with Gasteiger partial charge in [0.05, 0.1) is 18.6 Å². The molecule has 1 spiro atoms. The minimum Gasteiger partial charge on any atom is -0.350 e. The highest BCUT2D eigenvalue weighted by atomic mass is 35.5. The lowest BCUT2D eigenvalue weighted by atomic mass is 9.81. The van der Waals surface area contributed by atoms with E-state index in [-0.39, 0.29) is 11.4 Å². The molecule has 2 heterocycles. The third kappa shape index (κ3) is 3.37. The van der Waals surface area contributed by atoms with Crippen molar-refractivity contribution in [2.45, 2.75) is 26.2 Å². The Balaban J connectivity index is 1.45. The van der Waals surface area contributed by atoms with Gasteiger partial charge in [-0.1, -0.05) is 23.7 Å². The lowest BCUT2D eigenvalue weighted by Crippen LogP contribution is -2.67. The second-order valence-corrected chi connectivity index (χ2v) is 7.05. The van der Waals surface area contributed by atoms with Gasteiger partial charge in [-0.2, -0.15) is 0 Å². The Labute approximate surface area is 135 Å². The number of hydrogen-bond acceptors (Lipinski definition) is 3. The van der Waals surface area contributed by atoms with Gasteiger partial charge in [0.2, 0.25) is 0 Å². The van der Waals surface area contributed by atoms with E-state index in [9.17, 15) is 4.79 Å². The molecule has 0 bridgehead atoms. The molecule has 2 saturated heterocycles. The van der Waals surface area contributed by atoms with Crippen molar-refractivity contribution in [2.75, 3.05) is 26.3 Å². The summed E-state index contributed by atoms with van der Waals surface area (Å²) in [5.41, 5.74) is 0.992. The zero-order valence-electron chi connectivity index (χ0n) is 12.9. The van der Waals surface area contributed by atoms with E-state index in [4.69, 9.17) is 21.1 Å². The van der Waals surface area contributed by atoms with Crippen molar-refractivity contribution in [2.24, 2.45) is 5.41 Å². The van der Waals surface area contributed by atoms with E-state index >= 15 is 0 Å². The number of benzene rings is 1. The van der Waals surface area contributed by atoms with E-state index in [0.29, 0.717) is 37.9 Å². The van der Waals surface area contributed by atoms with Gasteiger partial charge < -0.3 is 19.7 Å². The van der Waals surface area contributed by atoms with Crippen LogP contribution in [0.25, 0.3) is 0 Å². The van der Waals surface area contributed by atoms with Crippen LogP contribution < -0.4 is 5.32 Å². The highest BCUT2D eigenvalue weighted by molar-refractivity contribution is 6.30. The number of carbonyl (C=O) groups excluding carboxylic acids is 1. The zero-order chi connectivity index (χ0) is 15.8. The average molecular weight is 325 g/mol. The molecular weight excluding hydrogens is 304 g/mol. The van der Waals surface area contributed by atoms with Crippen molar-refractivity contribution < 1.29 is 14.3 Å². The van der Waals surface area contributed by atoms with Gasteiger partial charge in [-0.3, -0.25) is 0 Å². The highest BCUT2D eigenvalue weighted by Gasteiger charge is 2.50. The monoisotopic (exact) mass is 324 g/mol. The molecule has 3 rings (SSSR count). The van der Waals surface area contributed by atoms with E-state index in [1.54, 1.807) is 4.90 Å². The van der Waals surface area contributed by atoms with Gasteiger partial charge >= 0.3 is 6.03 Å². The molecule has 2 aliphatic heterocycles. The fraction of sp³-hybridized carbons (Fsp3) is 0.562. The normalized spacial score (nSPS) is 22.2. The molecule has 6 heteroatoms. The lowest BCUT2D eigenvalue weighted by molar-refractivity contribution is -0.301. The second kappa shape index (κ2) is 5.72. The van der Waals surface area contributed by atoms with Crippen LogP contribution in [0, 0.1) is 5.41 Å². The quantitative estimate of drug-likeness (QED) is 0.910. The predicted octanol–water partition coefficient (Wildman–Crippen LogP) is 2.63. The lowest BCUT2D eigenvalue weighted by Gasteiger charge is -2.53. The van der Waals surface area contributed by atoms with Crippen LogP contribution in [0.2, 0.25) is 5.02 Å². The number of amides is 2. The van der Waals surface area contributed by atoms with Crippen molar-refractivity contribution in [1.82, 2.24) is 10.2 Å². The summed E-state index contributed by atoms with van der Waals surface area (Å²) in [7, 11) is 0. The first-order chi connectivity index (χ1) is 10.4. The van der Waals surface area contributed by atoms with Crippen LogP contribution >= 0.6 is 11.6 Å². The predicted molar refractivity (Wildman–Crippen MR) is 83.7 cm³/mol. The number of halogens is 1. The van der Waals surface area contributed by atoms with Crippen molar-refractivity contribution in [3.05, 3.63) is 34.9 Å². The number of hydrogen-bond donors (Lipinski definition) is 1. The summed E-state index contributed by atoms with van der Waals surface area (Å²) in [4.78, 5) is 13.9. The van der Waals surface area contributed by atoms with Crippen LogP contribution in [0.4, 0.5) is 4.79 Å². The van der Waals surface area contributed by atoms with Crippen molar-refractivity contribution >= 4 is 17.6 Å². The highest BCUT2D eigenvalue weighted by Crippen LogP contribution is 2.37. The molecule has 0 atom stereocenters. The minimum absolute atomic E-state index is 0.0346. The first-order valence-electron chi connectivity index (χ1n) is 7.43. The first-order valence-corrected chi connectivity index (χ1v) is 7.81. The zero-order valence-corrected chi connectivity index (χ0v) is 13.7. The van der Waals surface area contributed by atoms with Crippen LogP contribution in [0.3, 0.4) is 0 Å². The summed E-state index contributed by atoms with van der Waals surface area (Å²) >= 11 is 5.84. The van der Waals surface area contributed by atoms with Gasteiger partial charge in [-0.05, 0) is 31.5 Å². The second-order valence-electron chi connectivity index (χ2n) is 6.62. The molecule has 2 fully saturated rings. The van der Waals surface area contributed by atoms with E-state index in [2.05, 4.69) is 5.32 Å². The third-order valence-electron chi connectivity index (χ3n) is 4.15. The topological polar surface area (TPSA) is 50.8 Å². The molecule has 22 heavy (non-hydrogen) atoms. The molecule has 1 N–H and O–H groups in total. The summed E-state index contributed by atoms with van der Waals surface area (Å²) in [6.07, 6.45) is 0. The summed E-state index contributed by atoms with van der Waals surface area (Å²) in [6, 6.07) is 7.40. The molecule has 5 nitrogen and oxygen atoms in total. The van der Waals surface area contributed by atoms with Gasteiger partial charge in [0.25, 0.3) is 0 Å². The maximum Gasteiger partial charge on any atom is 0.317 e. The number of nitrogens with one attached hydrogen (secondary N) is 1. The summed E-state index contributed by atoms with van der Waals surface area (Å²) in [6.45, 7) is 6.96. The minimum atomic E-state index is -0.511. The van der Waals surface area contributed by atoms with E-state index in [1.807, 2.05) is 38.1 Å². The van der Waals surface area contributed by atoms with Gasteiger partial charge in [0, 0.05) is 24.7 Å². The fourth-order valence-electron chi connectivity index (χ4n) is 2.72. The number of nitrogens with zero attached hydrogens (tertiary/aromatic N) is 1. The SMILES string of the molecule is CC1(C)OCC2(CO1)CN(C(=O)NCc1ccc(Cl)cc1)C2. The van der Waals surface area contributed by atoms with Crippen LogP contribution in [0.5, 0.6) is 0 Å². The Morgan fingerprint density at radius 1 is 1.23 bits per heavy atom. The summed E-state index contributed by atoms with van der Waals surface area (Å²) < 4.78 is 11.4. The number of ether oxygens (including phenoxy) is 2. The Morgan fingerprint density at radius 3 is 2.41 bits per heavy atom. The Hall–Kier alpha value is -1.30. The number of urea groups is 1. The molecule has 0 radical (unpaired) electrons. The molecule has 1 aromatic rings.